The third-order valence-corrected chi connectivity index (χ3v) is 4.75. The molecule has 1 unspecified atom stereocenters. The maximum Gasteiger partial charge on any atom is 0.234 e. The molecule has 1 aromatic rings. The van der Waals surface area contributed by atoms with Gasteiger partial charge in [0.25, 0.3) is 0 Å². The molecule has 1 fully saturated rings. The van der Waals surface area contributed by atoms with E-state index in [0.717, 1.165) is 31.9 Å². The summed E-state index contributed by atoms with van der Waals surface area (Å²) in [6.45, 7) is 0.770. The monoisotopic (exact) mass is 324 g/mol. The van der Waals surface area contributed by atoms with Crippen LogP contribution in [0.2, 0.25) is 5.02 Å². The summed E-state index contributed by atoms with van der Waals surface area (Å²) in [5.74, 6) is -2.06. The fourth-order valence-electron chi connectivity index (χ4n) is 2.17. The molecule has 1 saturated heterocycles. The Hall–Kier alpha value is -0.920. The minimum atomic E-state index is -3.75. The Morgan fingerprint density at radius 3 is 2.70 bits per heavy atom. The maximum absolute atomic E-state index is 13.6. The number of nitrogens with one attached hydrogen (secondary N) is 2. The third kappa shape index (κ3) is 4.04. The van der Waals surface area contributed by atoms with Crippen molar-refractivity contribution in [2.24, 2.45) is 0 Å². The Bertz CT molecular complexity index is 566. The van der Waals surface area contributed by atoms with Gasteiger partial charge in [-0.3, -0.25) is 4.72 Å². The second-order valence-corrected chi connectivity index (χ2v) is 6.95. The zero-order chi connectivity index (χ0) is 14.8. The lowest BCUT2D eigenvalue weighted by Gasteiger charge is -2.23. The largest absolute Gasteiger partial charge is 0.313 e. The van der Waals surface area contributed by atoms with E-state index >= 15 is 0 Å². The van der Waals surface area contributed by atoms with Gasteiger partial charge in [-0.1, -0.05) is 18.0 Å². The van der Waals surface area contributed by atoms with E-state index in [0.29, 0.717) is 6.07 Å². The van der Waals surface area contributed by atoms with Crippen molar-refractivity contribution in [1.82, 2.24) is 5.32 Å². The first-order valence-electron chi connectivity index (χ1n) is 6.26. The predicted molar refractivity (Wildman–Crippen MR) is 74.4 cm³/mol. The van der Waals surface area contributed by atoms with Gasteiger partial charge in [0.15, 0.2) is 5.82 Å². The topological polar surface area (TPSA) is 58.2 Å². The molecule has 2 N–H and O–H groups in total. The Kier molecular flexibility index (Phi) is 4.82. The summed E-state index contributed by atoms with van der Waals surface area (Å²) in [6, 6.07) is 1.28. The van der Waals surface area contributed by atoms with Crippen LogP contribution in [0, 0.1) is 11.6 Å². The van der Waals surface area contributed by atoms with Gasteiger partial charge in [0.2, 0.25) is 10.0 Å². The van der Waals surface area contributed by atoms with Crippen molar-refractivity contribution in [2.75, 3.05) is 17.0 Å². The number of benzene rings is 1. The SMILES string of the molecule is O=S(=O)(CC1CCCCN1)Nc1c(F)cc(F)cc1Cl. The van der Waals surface area contributed by atoms with Gasteiger partial charge in [-0.2, -0.15) is 0 Å². The number of halogens is 3. The van der Waals surface area contributed by atoms with Crippen LogP contribution in [0.4, 0.5) is 14.5 Å². The van der Waals surface area contributed by atoms with Crippen LogP contribution in [0.15, 0.2) is 12.1 Å². The van der Waals surface area contributed by atoms with Gasteiger partial charge < -0.3 is 5.32 Å². The first kappa shape index (κ1) is 15.5. The normalized spacial score (nSPS) is 19.9. The molecule has 1 heterocycles. The van der Waals surface area contributed by atoms with Crippen molar-refractivity contribution in [3.8, 4) is 0 Å². The van der Waals surface area contributed by atoms with E-state index in [1.807, 2.05) is 0 Å². The fraction of sp³-hybridized carbons (Fsp3) is 0.500. The third-order valence-electron chi connectivity index (χ3n) is 3.10. The molecule has 0 amide bonds. The van der Waals surface area contributed by atoms with Crippen LogP contribution in [0.25, 0.3) is 0 Å². The molecule has 20 heavy (non-hydrogen) atoms. The standard InChI is InChI=1S/C12H15ClF2N2O2S/c13-10-5-8(14)6-11(15)12(10)17-20(18,19)7-9-3-1-2-4-16-9/h5-6,9,16-17H,1-4,7H2. The summed E-state index contributed by atoms with van der Waals surface area (Å²) < 4.78 is 52.5. The Morgan fingerprint density at radius 1 is 1.35 bits per heavy atom. The van der Waals surface area contributed by atoms with E-state index in [4.69, 9.17) is 11.6 Å². The molecule has 0 bridgehead atoms. The summed E-state index contributed by atoms with van der Waals surface area (Å²) in [5, 5.41) is 2.79. The molecule has 0 saturated carbocycles. The summed E-state index contributed by atoms with van der Waals surface area (Å²) in [4.78, 5) is 0. The highest BCUT2D eigenvalue weighted by Gasteiger charge is 2.23. The fourth-order valence-corrected chi connectivity index (χ4v) is 3.88. The minimum Gasteiger partial charge on any atom is -0.313 e. The highest BCUT2D eigenvalue weighted by molar-refractivity contribution is 7.92. The maximum atomic E-state index is 13.6. The Labute approximate surface area is 121 Å². The van der Waals surface area contributed by atoms with E-state index in [9.17, 15) is 17.2 Å². The average molecular weight is 325 g/mol. The molecule has 0 spiro atoms. The molecule has 1 aromatic carbocycles. The first-order chi connectivity index (χ1) is 9.37. The smallest absolute Gasteiger partial charge is 0.234 e. The molecular formula is C12H15ClF2N2O2S. The molecule has 4 nitrogen and oxygen atoms in total. The molecule has 8 heteroatoms. The van der Waals surface area contributed by atoms with E-state index in [1.165, 1.54) is 0 Å². The summed E-state index contributed by atoms with van der Waals surface area (Å²) in [7, 11) is -3.75. The lowest BCUT2D eigenvalue weighted by atomic mass is 10.1. The molecule has 2 rings (SSSR count). The first-order valence-corrected chi connectivity index (χ1v) is 8.29. The number of sulfonamides is 1. The van der Waals surface area contributed by atoms with Crippen molar-refractivity contribution in [1.29, 1.82) is 0 Å². The summed E-state index contributed by atoms with van der Waals surface area (Å²) in [6.07, 6.45) is 2.72. The molecule has 1 atom stereocenters. The van der Waals surface area contributed by atoms with Crippen LogP contribution in [-0.2, 0) is 10.0 Å². The van der Waals surface area contributed by atoms with Crippen molar-refractivity contribution >= 4 is 27.3 Å². The summed E-state index contributed by atoms with van der Waals surface area (Å²) in [5.41, 5.74) is -0.413. The average Bonchev–Trinajstić information content (AvgIpc) is 2.34. The predicted octanol–water partition coefficient (Wildman–Crippen LogP) is 2.50. The van der Waals surface area contributed by atoms with E-state index in [-0.39, 0.29) is 16.8 Å². The zero-order valence-corrected chi connectivity index (χ0v) is 12.2. The Morgan fingerprint density at radius 2 is 2.10 bits per heavy atom. The van der Waals surface area contributed by atoms with Crippen molar-refractivity contribution in [2.45, 2.75) is 25.3 Å². The van der Waals surface area contributed by atoms with Gasteiger partial charge >= 0.3 is 0 Å². The summed E-state index contributed by atoms with van der Waals surface area (Å²) >= 11 is 5.66. The molecule has 1 aliphatic rings. The highest BCUT2D eigenvalue weighted by Crippen LogP contribution is 2.27. The number of anilines is 1. The molecule has 0 aromatic heterocycles. The van der Waals surface area contributed by atoms with Gasteiger partial charge in [0.1, 0.15) is 11.5 Å². The van der Waals surface area contributed by atoms with E-state index in [1.54, 1.807) is 0 Å². The number of rotatable bonds is 4. The second-order valence-electron chi connectivity index (χ2n) is 4.77. The van der Waals surface area contributed by atoms with Crippen LogP contribution in [0.3, 0.4) is 0 Å². The van der Waals surface area contributed by atoms with Crippen molar-refractivity contribution in [3.05, 3.63) is 28.8 Å². The van der Waals surface area contributed by atoms with Gasteiger partial charge in [-0.15, -0.1) is 0 Å². The number of hydrogen-bond acceptors (Lipinski definition) is 3. The lowest BCUT2D eigenvalue weighted by Crippen LogP contribution is -2.40. The van der Waals surface area contributed by atoms with E-state index < -0.39 is 27.3 Å². The Balaban J connectivity index is 2.11. The molecule has 112 valence electrons. The van der Waals surface area contributed by atoms with E-state index in [2.05, 4.69) is 10.0 Å². The molecule has 1 aliphatic heterocycles. The van der Waals surface area contributed by atoms with Gasteiger partial charge in [-0.05, 0) is 25.5 Å². The second kappa shape index (κ2) is 6.24. The number of piperidine rings is 1. The van der Waals surface area contributed by atoms with Crippen LogP contribution in [-0.4, -0.2) is 26.8 Å². The van der Waals surface area contributed by atoms with Gasteiger partial charge in [0, 0.05) is 12.1 Å². The van der Waals surface area contributed by atoms with Crippen molar-refractivity contribution in [3.63, 3.8) is 0 Å². The van der Waals surface area contributed by atoms with Crippen LogP contribution >= 0.6 is 11.6 Å². The highest BCUT2D eigenvalue weighted by atomic mass is 35.5. The minimum absolute atomic E-state index is 0.163. The van der Waals surface area contributed by atoms with Crippen LogP contribution in [0.1, 0.15) is 19.3 Å². The van der Waals surface area contributed by atoms with Crippen LogP contribution < -0.4 is 10.0 Å². The quantitative estimate of drug-likeness (QED) is 0.894. The van der Waals surface area contributed by atoms with Gasteiger partial charge in [-0.25, -0.2) is 17.2 Å². The molecular weight excluding hydrogens is 310 g/mol. The van der Waals surface area contributed by atoms with Gasteiger partial charge in [0.05, 0.1) is 10.8 Å². The molecule has 0 aliphatic carbocycles. The number of hydrogen-bond donors (Lipinski definition) is 2. The van der Waals surface area contributed by atoms with Crippen LogP contribution in [0.5, 0.6) is 0 Å². The zero-order valence-electron chi connectivity index (χ0n) is 10.6. The molecule has 0 radical (unpaired) electrons. The lowest BCUT2D eigenvalue weighted by molar-refractivity contribution is 0.424. The van der Waals surface area contributed by atoms with Crippen molar-refractivity contribution < 1.29 is 17.2 Å².